The number of hydrogen-bond acceptors (Lipinski definition) is 3. The summed E-state index contributed by atoms with van der Waals surface area (Å²) in [5.74, 6) is 0.972. The van der Waals surface area contributed by atoms with Crippen LogP contribution in [0.25, 0.3) is 22.5 Å². The monoisotopic (exact) mass is 362 g/mol. The van der Waals surface area contributed by atoms with Crippen molar-refractivity contribution in [2.45, 2.75) is 6.92 Å². The SMILES string of the molecule is Cc1cc(Cl)cc(-c2onc(N)c2-c2ccccc2Br)c1. The summed E-state index contributed by atoms with van der Waals surface area (Å²) in [7, 11) is 0. The fourth-order valence-electron chi connectivity index (χ4n) is 2.29. The topological polar surface area (TPSA) is 52.0 Å². The third-order valence-electron chi connectivity index (χ3n) is 3.17. The molecule has 0 saturated carbocycles. The maximum atomic E-state index is 6.13. The van der Waals surface area contributed by atoms with Crippen molar-refractivity contribution >= 4 is 33.3 Å². The van der Waals surface area contributed by atoms with Crippen LogP contribution in [0.4, 0.5) is 5.82 Å². The van der Waals surface area contributed by atoms with E-state index in [4.69, 9.17) is 21.9 Å². The molecular weight excluding hydrogens is 352 g/mol. The summed E-state index contributed by atoms with van der Waals surface area (Å²) in [5, 5.41) is 4.56. The molecule has 0 atom stereocenters. The Morgan fingerprint density at radius 3 is 2.67 bits per heavy atom. The summed E-state index contributed by atoms with van der Waals surface area (Å²) in [6.07, 6.45) is 0. The van der Waals surface area contributed by atoms with Gasteiger partial charge in [0.25, 0.3) is 0 Å². The zero-order valence-electron chi connectivity index (χ0n) is 11.2. The second kappa shape index (κ2) is 5.54. The lowest BCUT2D eigenvalue weighted by Gasteiger charge is -2.06. The molecule has 21 heavy (non-hydrogen) atoms. The van der Waals surface area contributed by atoms with Gasteiger partial charge in [0.05, 0.1) is 5.56 Å². The van der Waals surface area contributed by atoms with Crippen molar-refractivity contribution in [3.05, 3.63) is 57.5 Å². The molecule has 0 saturated heterocycles. The molecule has 1 aromatic heterocycles. The minimum Gasteiger partial charge on any atom is -0.380 e. The Morgan fingerprint density at radius 2 is 1.95 bits per heavy atom. The molecule has 2 N–H and O–H groups in total. The van der Waals surface area contributed by atoms with Gasteiger partial charge in [-0.1, -0.05) is 50.9 Å². The van der Waals surface area contributed by atoms with Crippen molar-refractivity contribution in [1.82, 2.24) is 5.16 Å². The second-order valence-electron chi connectivity index (χ2n) is 4.77. The van der Waals surface area contributed by atoms with E-state index >= 15 is 0 Å². The first kappa shape index (κ1) is 14.2. The average Bonchev–Trinajstić information content (AvgIpc) is 2.80. The van der Waals surface area contributed by atoms with E-state index in [0.717, 1.165) is 26.7 Å². The lowest BCUT2D eigenvalue weighted by molar-refractivity contribution is 0.436. The molecule has 5 heteroatoms. The highest BCUT2D eigenvalue weighted by molar-refractivity contribution is 9.10. The Morgan fingerprint density at radius 1 is 1.19 bits per heavy atom. The van der Waals surface area contributed by atoms with Gasteiger partial charge >= 0.3 is 0 Å². The number of hydrogen-bond donors (Lipinski definition) is 1. The van der Waals surface area contributed by atoms with Crippen molar-refractivity contribution in [1.29, 1.82) is 0 Å². The van der Waals surface area contributed by atoms with E-state index in [1.165, 1.54) is 0 Å². The minimum atomic E-state index is 0.356. The highest BCUT2D eigenvalue weighted by atomic mass is 79.9. The van der Waals surface area contributed by atoms with Crippen molar-refractivity contribution in [3.8, 4) is 22.5 Å². The van der Waals surface area contributed by atoms with Crippen LogP contribution in [0.2, 0.25) is 5.02 Å². The average molecular weight is 364 g/mol. The van der Waals surface area contributed by atoms with Crippen LogP contribution in [0.3, 0.4) is 0 Å². The largest absolute Gasteiger partial charge is 0.380 e. The van der Waals surface area contributed by atoms with Gasteiger partial charge in [-0.3, -0.25) is 0 Å². The van der Waals surface area contributed by atoms with Crippen LogP contribution in [0.1, 0.15) is 5.56 Å². The Balaban J connectivity index is 2.24. The molecule has 106 valence electrons. The van der Waals surface area contributed by atoms with E-state index in [1.54, 1.807) is 0 Å². The number of aromatic nitrogens is 1. The molecule has 0 fully saturated rings. The minimum absolute atomic E-state index is 0.356. The van der Waals surface area contributed by atoms with E-state index < -0.39 is 0 Å². The number of nitrogens with zero attached hydrogens (tertiary/aromatic N) is 1. The molecule has 0 aliphatic rings. The summed E-state index contributed by atoms with van der Waals surface area (Å²) in [5.41, 5.74) is 9.60. The normalized spacial score (nSPS) is 10.8. The molecule has 0 unspecified atom stereocenters. The lowest BCUT2D eigenvalue weighted by atomic mass is 10.0. The molecule has 0 spiro atoms. The number of benzene rings is 2. The van der Waals surface area contributed by atoms with Crippen LogP contribution in [0.15, 0.2) is 51.5 Å². The quantitative estimate of drug-likeness (QED) is 0.671. The lowest BCUT2D eigenvalue weighted by Crippen LogP contribution is -1.90. The Bertz CT molecular complexity index is 794. The number of aryl methyl sites for hydroxylation is 1. The highest BCUT2D eigenvalue weighted by Gasteiger charge is 2.19. The predicted octanol–water partition coefficient (Wildman–Crippen LogP) is 5.32. The van der Waals surface area contributed by atoms with E-state index in [2.05, 4.69) is 21.1 Å². The molecule has 1 heterocycles. The third kappa shape index (κ3) is 2.69. The molecule has 3 rings (SSSR count). The standard InChI is InChI=1S/C16H12BrClN2O/c1-9-6-10(8-11(18)7-9)15-14(16(19)20-21-15)12-4-2-3-5-13(12)17/h2-8H,1H3,(H2,19,20). The summed E-state index contributed by atoms with van der Waals surface area (Å²) in [4.78, 5) is 0. The molecular formula is C16H12BrClN2O. The number of rotatable bonds is 2. The smallest absolute Gasteiger partial charge is 0.177 e. The Hall–Kier alpha value is -1.78. The van der Waals surface area contributed by atoms with Crippen LogP contribution >= 0.6 is 27.5 Å². The maximum Gasteiger partial charge on any atom is 0.177 e. The first-order valence-electron chi connectivity index (χ1n) is 6.34. The third-order valence-corrected chi connectivity index (χ3v) is 4.08. The zero-order chi connectivity index (χ0) is 15.0. The van der Waals surface area contributed by atoms with Gasteiger partial charge in [0.1, 0.15) is 0 Å². The van der Waals surface area contributed by atoms with E-state index in [1.807, 2.05) is 49.4 Å². The van der Waals surface area contributed by atoms with Crippen molar-refractivity contribution in [2.24, 2.45) is 0 Å². The summed E-state index contributed by atoms with van der Waals surface area (Å²) >= 11 is 9.67. The van der Waals surface area contributed by atoms with Crippen molar-refractivity contribution in [3.63, 3.8) is 0 Å². The summed E-state index contributed by atoms with van der Waals surface area (Å²) < 4.78 is 6.38. The summed E-state index contributed by atoms with van der Waals surface area (Å²) in [6.45, 7) is 1.98. The molecule has 0 aliphatic heterocycles. The Kier molecular flexibility index (Phi) is 3.74. The van der Waals surface area contributed by atoms with E-state index in [9.17, 15) is 0 Å². The second-order valence-corrected chi connectivity index (χ2v) is 6.06. The Labute approximate surface area is 135 Å². The highest BCUT2D eigenvalue weighted by Crippen LogP contribution is 2.40. The summed E-state index contributed by atoms with van der Waals surface area (Å²) in [6, 6.07) is 13.5. The first-order chi connectivity index (χ1) is 10.1. The van der Waals surface area contributed by atoms with Gasteiger partial charge in [-0.2, -0.15) is 0 Å². The predicted molar refractivity (Wildman–Crippen MR) is 89.2 cm³/mol. The van der Waals surface area contributed by atoms with E-state index in [-0.39, 0.29) is 0 Å². The fourth-order valence-corrected chi connectivity index (χ4v) is 3.06. The number of nitrogen functional groups attached to an aromatic ring is 1. The number of nitrogens with two attached hydrogens (primary N) is 1. The zero-order valence-corrected chi connectivity index (χ0v) is 13.6. The van der Waals surface area contributed by atoms with Gasteiger partial charge in [0.15, 0.2) is 11.6 Å². The molecule has 3 nitrogen and oxygen atoms in total. The van der Waals surface area contributed by atoms with Gasteiger partial charge < -0.3 is 10.3 Å². The molecule has 0 bridgehead atoms. The van der Waals surface area contributed by atoms with Crippen LogP contribution in [0, 0.1) is 6.92 Å². The maximum absolute atomic E-state index is 6.13. The van der Waals surface area contributed by atoms with Crippen LogP contribution in [0.5, 0.6) is 0 Å². The van der Waals surface area contributed by atoms with Gasteiger partial charge in [-0.25, -0.2) is 0 Å². The van der Waals surface area contributed by atoms with Crippen molar-refractivity contribution < 1.29 is 4.52 Å². The molecule has 2 aromatic carbocycles. The van der Waals surface area contributed by atoms with Gasteiger partial charge in [-0.05, 0) is 36.8 Å². The van der Waals surface area contributed by atoms with Gasteiger partial charge in [0, 0.05) is 20.6 Å². The van der Waals surface area contributed by atoms with Gasteiger partial charge in [0.2, 0.25) is 0 Å². The molecule has 0 radical (unpaired) electrons. The first-order valence-corrected chi connectivity index (χ1v) is 7.51. The fraction of sp³-hybridized carbons (Fsp3) is 0.0625. The number of halogens is 2. The molecule has 0 amide bonds. The van der Waals surface area contributed by atoms with Crippen LogP contribution in [-0.4, -0.2) is 5.16 Å². The van der Waals surface area contributed by atoms with Crippen LogP contribution < -0.4 is 5.73 Å². The van der Waals surface area contributed by atoms with Crippen LogP contribution in [-0.2, 0) is 0 Å². The molecule has 3 aromatic rings. The van der Waals surface area contributed by atoms with Crippen molar-refractivity contribution in [2.75, 3.05) is 5.73 Å². The number of anilines is 1. The molecule has 0 aliphatic carbocycles. The van der Waals surface area contributed by atoms with Gasteiger partial charge in [-0.15, -0.1) is 0 Å². The van der Waals surface area contributed by atoms with E-state index in [0.29, 0.717) is 16.6 Å².